The second-order valence-corrected chi connectivity index (χ2v) is 6.05. The van der Waals surface area contributed by atoms with E-state index in [2.05, 4.69) is 27.0 Å². The van der Waals surface area contributed by atoms with Crippen molar-refractivity contribution in [3.05, 3.63) is 15.2 Å². The first-order valence-corrected chi connectivity index (χ1v) is 7.65. The average Bonchev–Trinajstić information content (AvgIpc) is 2.93. The van der Waals surface area contributed by atoms with Crippen molar-refractivity contribution in [3.63, 3.8) is 0 Å². The summed E-state index contributed by atoms with van der Waals surface area (Å²) in [4.78, 5) is 6.74. The van der Waals surface area contributed by atoms with Gasteiger partial charge in [-0.3, -0.25) is 9.67 Å². The van der Waals surface area contributed by atoms with Crippen LogP contribution in [-0.2, 0) is 13.1 Å². The van der Waals surface area contributed by atoms with Crippen LogP contribution in [0.5, 0.6) is 0 Å². The predicted molar refractivity (Wildman–Crippen MR) is 80.8 cm³/mol. The second kappa shape index (κ2) is 6.40. The van der Waals surface area contributed by atoms with Gasteiger partial charge in [0.2, 0.25) is 0 Å². The number of rotatable bonds is 6. The van der Waals surface area contributed by atoms with Gasteiger partial charge in [0.25, 0.3) is 0 Å². The maximum Gasteiger partial charge on any atom is 0.195 e. The Morgan fingerprint density at radius 3 is 2.95 bits per heavy atom. The van der Waals surface area contributed by atoms with E-state index in [9.17, 15) is 0 Å². The summed E-state index contributed by atoms with van der Waals surface area (Å²) in [6.45, 7) is 3.91. The van der Waals surface area contributed by atoms with Crippen LogP contribution in [0.2, 0.25) is 0 Å². The highest BCUT2D eigenvalue weighted by atomic mass is 32.1. The molecule has 0 atom stereocenters. The molecule has 2 rings (SSSR count). The Hall–Kier alpha value is -1.05. The van der Waals surface area contributed by atoms with E-state index < -0.39 is 0 Å². The Labute approximate surface area is 122 Å². The fourth-order valence-corrected chi connectivity index (χ4v) is 2.91. The summed E-state index contributed by atoms with van der Waals surface area (Å²) in [6.07, 6.45) is 2.23. The van der Waals surface area contributed by atoms with Gasteiger partial charge in [-0.2, -0.15) is 5.10 Å². The number of nitrogens with one attached hydrogen (secondary N) is 1. The van der Waals surface area contributed by atoms with Gasteiger partial charge in [-0.1, -0.05) is 13.3 Å². The third-order valence-electron chi connectivity index (χ3n) is 2.73. The average molecular weight is 297 g/mol. The third-order valence-corrected chi connectivity index (χ3v) is 3.87. The van der Waals surface area contributed by atoms with E-state index >= 15 is 0 Å². The van der Waals surface area contributed by atoms with E-state index in [1.165, 1.54) is 0 Å². The Bertz CT molecular complexity index is 581. The van der Waals surface area contributed by atoms with Crippen LogP contribution >= 0.6 is 23.6 Å². The molecule has 2 aromatic rings. The van der Waals surface area contributed by atoms with Crippen LogP contribution in [0.4, 0.5) is 0 Å². The van der Waals surface area contributed by atoms with Gasteiger partial charge in [-0.15, -0.1) is 11.3 Å². The summed E-state index contributed by atoms with van der Waals surface area (Å²) in [6, 6.07) is 0. The highest BCUT2D eigenvalue weighted by molar-refractivity contribution is 7.71. The van der Waals surface area contributed by atoms with Crippen LogP contribution in [0.1, 0.15) is 24.8 Å². The molecule has 0 saturated carbocycles. The molecule has 0 aliphatic carbocycles. The van der Waals surface area contributed by atoms with E-state index in [1.807, 2.05) is 24.0 Å². The molecule has 0 unspecified atom stereocenters. The largest absolute Gasteiger partial charge is 0.303 e. The van der Waals surface area contributed by atoms with Crippen molar-refractivity contribution in [3.8, 4) is 11.5 Å². The minimum absolute atomic E-state index is 0.672. The molecular weight excluding hydrogens is 278 g/mol. The smallest absolute Gasteiger partial charge is 0.195 e. The summed E-state index contributed by atoms with van der Waals surface area (Å²) in [5.41, 5.74) is 0.908. The van der Waals surface area contributed by atoms with Crippen LogP contribution < -0.4 is 0 Å². The van der Waals surface area contributed by atoms with Gasteiger partial charge < -0.3 is 4.90 Å². The topological polar surface area (TPSA) is 49.7 Å². The van der Waals surface area contributed by atoms with Crippen LogP contribution in [0.15, 0.2) is 5.38 Å². The lowest BCUT2D eigenvalue weighted by Gasteiger charge is -2.05. The zero-order chi connectivity index (χ0) is 13.8. The standard InChI is InChI=1S/C12H19N5S2/c1-4-5-6-17-11(14-15-12(17)18)9-8-19-10(13-9)7-16(2)3/h8H,4-7H2,1-3H3,(H,15,18). The summed E-state index contributed by atoms with van der Waals surface area (Å²) in [7, 11) is 4.08. The van der Waals surface area contributed by atoms with E-state index in [0.29, 0.717) is 4.77 Å². The molecule has 0 bridgehead atoms. The Morgan fingerprint density at radius 1 is 1.47 bits per heavy atom. The van der Waals surface area contributed by atoms with Gasteiger partial charge in [0.05, 0.1) is 0 Å². The van der Waals surface area contributed by atoms with Gasteiger partial charge in [0.1, 0.15) is 10.7 Å². The minimum atomic E-state index is 0.672. The lowest BCUT2D eigenvalue weighted by atomic mass is 10.3. The number of hydrogen-bond donors (Lipinski definition) is 1. The third kappa shape index (κ3) is 3.49. The van der Waals surface area contributed by atoms with Crippen LogP contribution in [0.3, 0.4) is 0 Å². The number of unbranched alkanes of at least 4 members (excludes halogenated alkanes) is 1. The first-order valence-electron chi connectivity index (χ1n) is 6.36. The second-order valence-electron chi connectivity index (χ2n) is 4.72. The molecule has 0 fully saturated rings. The molecule has 0 amide bonds. The van der Waals surface area contributed by atoms with Crippen molar-refractivity contribution in [2.24, 2.45) is 0 Å². The quantitative estimate of drug-likeness (QED) is 0.833. The summed E-state index contributed by atoms with van der Waals surface area (Å²) in [5.74, 6) is 0.847. The molecule has 0 saturated heterocycles. The molecule has 0 aliphatic rings. The van der Waals surface area contributed by atoms with E-state index in [-0.39, 0.29) is 0 Å². The Morgan fingerprint density at radius 2 is 2.26 bits per heavy atom. The SMILES string of the molecule is CCCCn1c(-c2csc(CN(C)C)n2)n[nH]c1=S. The molecule has 0 aromatic carbocycles. The van der Waals surface area contributed by atoms with E-state index in [1.54, 1.807) is 11.3 Å². The predicted octanol–water partition coefficient (Wildman–Crippen LogP) is 2.93. The molecule has 19 heavy (non-hydrogen) atoms. The lowest BCUT2D eigenvalue weighted by Crippen LogP contribution is -2.10. The lowest BCUT2D eigenvalue weighted by molar-refractivity contribution is 0.401. The number of thiazole rings is 1. The van der Waals surface area contributed by atoms with Crippen molar-refractivity contribution in [1.82, 2.24) is 24.6 Å². The van der Waals surface area contributed by atoms with Crippen LogP contribution in [0, 0.1) is 4.77 Å². The molecule has 2 aromatic heterocycles. The highest BCUT2D eigenvalue weighted by Gasteiger charge is 2.12. The monoisotopic (exact) mass is 297 g/mol. The Kier molecular flexibility index (Phi) is 4.84. The molecule has 7 heteroatoms. The number of hydrogen-bond acceptors (Lipinski definition) is 5. The maximum absolute atomic E-state index is 5.28. The van der Waals surface area contributed by atoms with E-state index in [4.69, 9.17) is 12.2 Å². The first-order chi connectivity index (χ1) is 9.11. The van der Waals surface area contributed by atoms with Gasteiger partial charge in [0, 0.05) is 18.5 Å². The zero-order valence-electron chi connectivity index (χ0n) is 11.5. The molecule has 5 nitrogen and oxygen atoms in total. The Balaban J connectivity index is 2.26. The van der Waals surface area contributed by atoms with Crippen LogP contribution in [-0.4, -0.2) is 38.7 Å². The normalized spacial score (nSPS) is 11.4. The van der Waals surface area contributed by atoms with Crippen molar-refractivity contribution in [1.29, 1.82) is 0 Å². The first kappa shape index (κ1) is 14.4. The maximum atomic E-state index is 5.28. The highest BCUT2D eigenvalue weighted by Crippen LogP contribution is 2.21. The van der Waals surface area contributed by atoms with Gasteiger partial charge in [-0.05, 0) is 32.7 Å². The number of aromatic amines is 1. The van der Waals surface area contributed by atoms with Crippen molar-refractivity contribution in [2.75, 3.05) is 14.1 Å². The molecule has 0 spiro atoms. The zero-order valence-corrected chi connectivity index (χ0v) is 13.1. The fraction of sp³-hybridized carbons (Fsp3) is 0.583. The van der Waals surface area contributed by atoms with E-state index in [0.717, 1.165) is 42.5 Å². The summed E-state index contributed by atoms with van der Waals surface area (Å²) >= 11 is 6.94. The number of nitrogens with zero attached hydrogens (tertiary/aromatic N) is 4. The van der Waals surface area contributed by atoms with Crippen molar-refractivity contribution in [2.45, 2.75) is 32.9 Å². The number of H-pyrrole nitrogens is 1. The van der Waals surface area contributed by atoms with Gasteiger partial charge in [-0.25, -0.2) is 4.98 Å². The number of aromatic nitrogens is 4. The van der Waals surface area contributed by atoms with Gasteiger partial charge >= 0.3 is 0 Å². The van der Waals surface area contributed by atoms with Crippen molar-refractivity contribution < 1.29 is 0 Å². The molecule has 2 heterocycles. The molecule has 0 aliphatic heterocycles. The summed E-state index contributed by atoms with van der Waals surface area (Å²) in [5, 5.41) is 10.3. The minimum Gasteiger partial charge on any atom is -0.303 e. The van der Waals surface area contributed by atoms with Gasteiger partial charge in [0.15, 0.2) is 10.6 Å². The molecule has 104 valence electrons. The fourth-order valence-electron chi connectivity index (χ4n) is 1.79. The molecule has 1 N–H and O–H groups in total. The van der Waals surface area contributed by atoms with Crippen LogP contribution in [0.25, 0.3) is 11.5 Å². The summed E-state index contributed by atoms with van der Waals surface area (Å²) < 4.78 is 2.71. The molecular formula is C12H19N5S2. The molecule has 0 radical (unpaired) electrons. The van der Waals surface area contributed by atoms with Crippen molar-refractivity contribution >= 4 is 23.6 Å².